The van der Waals surface area contributed by atoms with Crippen molar-refractivity contribution in [3.8, 4) is 0 Å². The molecular weight excluding hydrogens is 158 g/mol. The summed E-state index contributed by atoms with van der Waals surface area (Å²) < 4.78 is 0. The highest BCUT2D eigenvalue weighted by Crippen LogP contribution is 2.33. The first-order valence-corrected chi connectivity index (χ1v) is 4.21. The number of carbonyl (C=O) groups excluding carboxylic acids is 1. The molecule has 0 saturated heterocycles. The number of hydrogen-bond donors (Lipinski definition) is 2. The molecule has 1 aliphatic carbocycles. The molecule has 12 heavy (non-hydrogen) atoms. The van der Waals surface area contributed by atoms with Gasteiger partial charge in [0.1, 0.15) is 0 Å². The van der Waals surface area contributed by atoms with E-state index in [1.807, 2.05) is 0 Å². The van der Waals surface area contributed by atoms with E-state index < -0.39 is 11.9 Å². The number of carbonyl (C=O) groups is 2. The molecule has 0 atom stereocenters. The summed E-state index contributed by atoms with van der Waals surface area (Å²) in [5.74, 6) is -1.46. The summed E-state index contributed by atoms with van der Waals surface area (Å²) in [5, 5.41) is 10.5. The summed E-state index contributed by atoms with van der Waals surface area (Å²) in [4.78, 5) is 20.5. The van der Waals surface area contributed by atoms with Gasteiger partial charge in [0.25, 0.3) is 0 Å². The maximum Gasteiger partial charge on any atom is 0.394 e. The summed E-state index contributed by atoms with van der Waals surface area (Å²) in [5.41, 5.74) is 0. The standard InChI is InChI=1S/C8H13NO3/c10-7(8(11)12)9-5-1-2-6-3-4-6/h6H,1-5H2,(H,9,10)(H,11,12). The van der Waals surface area contributed by atoms with Crippen LogP contribution in [0.2, 0.25) is 0 Å². The summed E-state index contributed by atoms with van der Waals surface area (Å²) in [6.45, 7) is 0.488. The van der Waals surface area contributed by atoms with E-state index in [1.165, 1.54) is 12.8 Å². The third-order valence-electron chi connectivity index (χ3n) is 1.97. The van der Waals surface area contributed by atoms with Gasteiger partial charge in [-0.25, -0.2) is 4.79 Å². The first-order valence-electron chi connectivity index (χ1n) is 4.21. The van der Waals surface area contributed by atoms with Gasteiger partial charge in [0.15, 0.2) is 0 Å². The molecule has 0 spiro atoms. The third-order valence-corrected chi connectivity index (χ3v) is 1.97. The molecule has 0 unspecified atom stereocenters. The van der Waals surface area contributed by atoms with E-state index in [2.05, 4.69) is 5.32 Å². The van der Waals surface area contributed by atoms with Crippen LogP contribution in [0.4, 0.5) is 0 Å². The van der Waals surface area contributed by atoms with E-state index in [4.69, 9.17) is 5.11 Å². The van der Waals surface area contributed by atoms with Crippen LogP contribution in [0.5, 0.6) is 0 Å². The van der Waals surface area contributed by atoms with Crippen LogP contribution < -0.4 is 5.32 Å². The molecule has 0 aromatic carbocycles. The van der Waals surface area contributed by atoms with Gasteiger partial charge >= 0.3 is 11.9 Å². The van der Waals surface area contributed by atoms with Crippen molar-refractivity contribution in [3.63, 3.8) is 0 Å². The number of carboxylic acids is 1. The molecule has 2 N–H and O–H groups in total. The van der Waals surface area contributed by atoms with E-state index in [0.29, 0.717) is 6.54 Å². The van der Waals surface area contributed by atoms with Gasteiger partial charge in [-0.1, -0.05) is 12.8 Å². The Hall–Kier alpha value is -1.06. The molecular formula is C8H13NO3. The van der Waals surface area contributed by atoms with Gasteiger partial charge in [0, 0.05) is 6.54 Å². The molecule has 1 amide bonds. The molecule has 68 valence electrons. The van der Waals surface area contributed by atoms with Gasteiger partial charge in [-0.05, 0) is 18.8 Å². The largest absolute Gasteiger partial charge is 0.474 e. The van der Waals surface area contributed by atoms with Crippen LogP contribution in [0.1, 0.15) is 25.7 Å². The molecule has 0 aliphatic heterocycles. The molecule has 4 heteroatoms. The van der Waals surface area contributed by atoms with Crippen molar-refractivity contribution < 1.29 is 14.7 Å². The zero-order chi connectivity index (χ0) is 8.97. The van der Waals surface area contributed by atoms with Gasteiger partial charge in [0.2, 0.25) is 0 Å². The van der Waals surface area contributed by atoms with Crippen LogP contribution in [0.15, 0.2) is 0 Å². The number of carboxylic acid groups (broad SMARTS) is 1. The smallest absolute Gasteiger partial charge is 0.394 e. The lowest BCUT2D eigenvalue weighted by Crippen LogP contribution is -2.31. The second-order valence-corrected chi connectivity index (χ2v) is 3.15. The SMILES string of the molecule is O=C(O)C(=O)NCCCC1CC1. The number of aliphatic carboxylic acids is 1. The number of rotatable bonds is 4. The highest BCUT2D eigenvalue weighted by molar-refractivity contribution is 6.31. The lowest BCUT2D eigenvalue weighted by Gasteiger charge is -1.99. The fourth-order valence-electron chi connectivity index (χ4n) is 1.07. The zero-order valence-corrected chi connectivity index (χ0v) is 6.88. The molecule has 1 rings (SSSR count). The number of nitrogens with one attached hydrogen (secondary N) is 1. The van der Waals surface area contributed by atoms with E-state index in [1.54, 1.807) is 0 Å². The van der Waals surface area contributed by atoms with Crippen LogP contribution >= 0.6 is 0 Å². The summed E-state index contributed by atoms with van der Waals surface area (Å²) >= 11 is 0. The molecule has 0 aromatic heterocycles. The van der Waals surface area contributed by atoms with Gasteiger partial charge in [0.05, 0.1) is 0 Å². The average Bonchev–Trinajstić information content (AvgIpc) is 2.80. The Morgan fingerprint density at radius 3 is 2.58 bits per heavy atom. The first kappa shape index (κ1) is 9.03. The maximum absolute atomic E-state index is 10.5. The van der Waals surface area contributed by atoms with Crippen molar-refractivity contribution in [3.05, 3.63) is 0 Å². The van der Waals surface area contributed by atoms with Crippen LogP contribution in [0.3, 0.4) is 0 Å². The molecule has 1 aliphatic rings. The van der Waals surface area contributed by atoms with E-state index in [9.17, 15) is 9.59 Å². The minimum absolute atomic E-state index is 0.488. The van der Waals surface area contributed by atoms with E-state index in [-0.39, 0.29) is 0 Å². The third kappa shape index (κ3) is 3.37. The predicted molar refractivity (Wildman–Crippen MR) is 42.6 cm³/mol. The fourth-order valence-corrected chi connectivity index (χ4v) is 1.07. The predicted octanol–water partition coefficient (Wildman–Crippen LogP) is 0.377. The number of hydrogen-bond acceptors (Lipinski definition) is 2. The van der Waals surface area contributed by atoms with Crippen molar-refractivity contribution >= 4 is 11.9 Å². The van der Waals surface area contributed by atoms with Crippen molar-refractivity contribution in [1.29, 1.82) is 0 Å². The van der Waals surface area contributed by atoms with Gasteiger partial charge in [-0.2, -0.15) is 0 Å². The van der Waals surface area contributed by atoms with E-state index in [0.717, 1.165) is 18.8 Å². The highest BCUT2D eigenvalue weighted by atomic mass is 16.4. The monoisotopic (exact) mass is 171 g/mol. The Labute approximate surface area is 71.0 Å². The van der Waals surface area contributed by atoms with Gasteiger partial charge in [-0.3, -0.25) is 4.79 Å². The zero-order valence-electron chi connectivity index (χ0n) is 6.88. The normalized spacial score (nSPS) is 15.7. The van der Waals surface area contributed by atoms with Crippen LogP contribution in [0.25, 0.3) is 0 Å². The van der Waals surface area contributed by atoms with Crippen LogP contribution in [0, 0.1) is 5.92 Å². The Morgan fingerprint density at radius 2 is 2.08 bits per heavy atom. The number of amides is 1. The Bertz CT molecular complexity index is 187. The van der Waals surface area contributed by atoms with Crippen molar-refractivity contribution in [2.45, 2.75) is 25.7 Å². The summed E-state index contributed by atoms with van der Waals surface area (Å²) in [6.07, 6.45) is 4.60. The van der Waals surface area contributed by atoms with E-state index >= 15 is 0 Å². The molecule has 1 fully saturated rings. The average molecular weight is 171 g/mol. The van der Waals surface area contributed by atoms with Crippen molar-refractivity contribution in [1.82, 2.24) is 5.32 Å². The topological polar surface area (TPSA) is 66.4 Å². The summed E-state index contributed by atoms with van der Waals surface area (Å²) in [7, 11) is 0. The second kappa shape index (κ2) is 4.09. The second-order valence-electron chi connectivity index (χ2n) is 3.15. The van der Waals surface area contributed by atoms with Crippen molar-refractivity contribution in [2.75, 3.05) is 6.54 Å². The Balaban J connectivity index is 1.93. The quantitative estimate of drug-likeness (QED) is 0.474. The maximum atomic E-state index is 10.5. The molecule has 1 saturated carbocycles. The Kier molecular flexibility index (Phi) is 3.08. The van der Waals surface area contributed by atoms with Gasteiger partial charge in [-0.15, -0.1) is 0 Å². The minimum Gasteiger partial charge on any atom is -0.474 e. The van der Waals surface area contributed by atoms with Gasteiger partial charge < -0.3 is 10.4 Å². The molecule has 0 aromatic rings. The highest BCUT2D eigenvalue weighted by Gasteiger charge is 2.20. The first-order chi connectivity index (χ1) is 5.70. The lowest BCUT2D eigenvalue weighted by molar-refractivity contribution is -0.150. The Morgan fingerprint density at radius 1 is 1.42 bits per heavy atom. The van der Waals surface area contributed by atoms with Crippen molar-refractivity contribution in [2.24, 2.45) is 5.92 Å². The molecule has 0 heterocycles. The fraction of sp³-hybridized carbons (Fsp3) is 0.750. The van der Waals surface area contributed by atoms with Crippen LogP contribution in [-0.2, 0) is 9.59 Å². The molecule has 0 radical (unpaired) electrons. The lowest BCUT2D eigenvalue weighted by atomic mass is 10.2. The van der Waals surface area contributed by atoms with Crippen LogP contribution in [-0.4, -0.2) is 23.5 Å². The molecule has 0 bridgehead atoms. The molecule has 4 nitrogen and oxygen atoms in total. The minimum atomic E-state index is -1.40. The summed E-state index contributed by atoms with van der Waals surface area (Å²) in [6, 6.07) is 0.